The van der Waals surface area contributed by atoms with E-state index in [2.05, 4.69) is 4.98 Å². The lowest BCUT2D eigenvalue weighted by Gasteiger charge is -2.17. The lowest BCUT2D eigenvalue weighted by atomic mass is 10.3. The highest BCUT2D eigenvalue weighted by atomic mass is 32.1. The van der Waals surface area contributed by atoms with Crippen LogP contribution in [0.5, 0.6) is 0 Å². The first-order chi connectivity index (χ1) is 9.61. The van der Waals surface area contributed by atoms with Gasteiger partial charge in [-0.3, -0.25) is 14.0 Å². The number of carboxylic acids is 1. The summed E-state index contributed by atoms with van der Waals surface area (Å²) in [6, 6.07) is 0. The number of thiazole rings is 1. The first-order valence-electron chi connectivity index (χ1n) is 6.21. The standard InChI is InChI=1S/C13H15N3O3S/c1-2-15(6-5-12(18)19)11(17)4-3-10-9-14-13-16(10)7-8-20-13/h3-4,7-9H,2,5-6H2,1H3,(H,18,19)/b4-3+. The number of nitrogens with zero attached hydrogens (tertiary/aromatic N) is 3. The van der Waals surface area contributed by atoms with E-state index < -0.39 is 5.97 Å². The molecule has 20 heavy (non-hydrogen) atoms. The largest absolute Gasteiger partial charge is 0.481 e. The summed E-state index contributed by atoms with van der Waals surface area (Å²) in [4.78, 5) is 29.1. The molecular weight excluding hydrogens is 278 g/mol. The third-order valence-corrected chi connectivity index (χ3v) is 3.63. The van der Waals surface area contributed by atoms with E-state index >= 15 is 0 Å². The van der Waals surface area contributed by atoms with Gasteiger partial charge in [0.25, 0.3) is 0 Å². The number of carbonyl (C=O) groups is 2. The van der Waals surface area contributed by atoms with Crippen molar-refractivity contribution < 1.29 is 14.7 Å². The van der Waals surface area contributed by atoms with E-state index in [0.717, 1.165) is 10.7 Å². The van der Waals surface area contributed by atoms with Crippen LogP contribution in [0.1, 0.15) is 19.0 Å². The van der Waals surface area contributed by atoms with Crippen LogP contribution in [-0.4, -0.2) is 44.4 Å². The predicted octanol–water partition coefficient (Wildman–Crippen LogP) is 1.73. The molecule has 0 spiro atoms. The number of hydrogen-bond donors (Lipinski definition) is 1. The molecule has 0 aromatic carbocycles. The Morgan fingerprint density at radius 1 is 1.55 bits per heavy atom. The fraction of sp³-hybridized carbons (Fsp3) is 0.308. The molecule has 106 valence electrons. The topological polar surface area (TPSA) is 74.9 Å². The molecule has 2 aromatic heterocycles. The van der Waals surface area contributed by atoms with Crippen molar-refractivity contribution in [1.82, 2.24) is 14.3 Å². The van der Waals surface area contributed by atoms with Gasteiger partial charge >= 0.3 is 5.97 Å². The quantitative estimate of drug-likeness (QED) is 0.823. The van der Waals surface area contributed by atoms with Gasteiger partial charge < -0.3 is 10.0 Å². The first kappa shape index (κ1) is 14.3. The van der Waals surface area contributed by atoms with Crippen LogP contribution in [0.25, 0.3) is 11.0 Å². The summed E-state index contributed by atoms with van der Waals surface area (Å²) in [5.41, 5.74) is 0.823. The average Bonchev–Trinajstić information content (AvgIpc) is 2.99. The van der Waals surface area contributed by atoms with Crippen LogP contribution in [0.4, 0.5) is 0 Å². The smallest absolute Gasteiger partial charge is 0.305 e. The van der Waals surface area contributed by atoms with Gasteiger partial charge in [0.1, 0.15) is 0 Å². The van der Waals surface area contributed by atoms with Crippen LogP contribution < -0.4 is 0 Å². The second-order valence-corrected chi connectivity index (χ2v) is 5.01. The van der Waals surface area contributed by atoms with Gasteiger partial charge in [-0.25, -0.2) is 4.98 Å². The normalized spacial score (nSPS) is 11.2. The molecule has 7 heteroatoms. The maximum Gasteiger partial charge on any atom is 0.305 e. The van der Waals surface area contributed by atoms with E-state index in [0.29, 0.717) is 6.54 Å². The van der Waals surface area contributed by atoms with Crippen LogP contribution in [0.2, 0.25) is 0 Å². The fourth-order valence-corrected chi connectivity index (χ4v) is 2.48. The highest BCUT2D eigenvalue weighted by Crippen LogP contribution is 2.13. The van der Waals surface area contributed by atoms with E-state index in [1.807, 2.05) is 22.9 Å². The molecule has 6 nitrogen and oxygen atoms in total. The molecule has 0 aliphatic carbocycles. The number of fused-ring (bicyclic) bond motifs is 1. The average molecular weight is 293 g/mol. The van der Waals surface area contributed by atoms with Crippen molar-refractivity contribution in [1.29, 1.82) is 0 Å². The highest BCUT2D eigenvalue weighted by Gasteiger charge is 2.10. The molecule has 0 radical (unpaired) electrons. The summed E-state index contributed by atoms with van der Waals surface area (Å²) in [6.45, 7) is 2.52. The first-order valence-corrected chi connectivity index (χ1v) is 7.09. The van der Waals surface area contributed by atoms with E-state index in [-0.39, 0.29) is 18.9 Å². The molecule has 1 N–H and O–H groups in total. The molecule has 1 amide bonds. The van der Waals surface area contributed by atoms with Gasteiger partial charge in [-0.15, -0.1) is 11.3 Å². The number of amides is 1. The zero-order chi connectivity index (χ0) is 14.5. The Labute approximate surface area is 120 Å². The van der Waals surface area contributed by atoms with Crippen LogP contribution in [0.15, 0.2) is 23.8 Å². The minimum atomic E-state index is -0.906. The van der Waals surface area contributed by atoms with Crippen molar-refractivity contribution in [2.45, 2.75) is 13.3 Å². The van der Waals surface area contributed by atoms with Crippen molar-refractivity contribution in [3.63, 3.8) is 0 Å². The zero-order valence-electron chi connectivity index (χ0n) is 11.0. The monoisotopic (exact) mass is 293 g/mol. The minimum absolute atomic E-state index is 0.0467. The van der Waals surface area contributed by atoms with Crippen LogP contribution in [0, 0.1) is 0 Å². The second kappa shape index (κ2) is 6.33. The highest BCUT2D eigenvalue weighted by molar-refractivity contribution is 7.15. The summed E-state index contributed by atoms with van der Waals surface area (Å²) in [7, 11) is 0. The lowest BCUT2D eigenvalue weighted by molar-refractivity contribution is -0.137. The zero-order valence-corrected chi connectivity index (χ0v) is 11.8. The van der Waals surface area contributed by atoms with Gasteiger partial charge in [-0.2, -0.15) is 0 Å². The fourth-order valence-electron chi connectivity index (χ4n) is 1.79. The van der Waals surface area contributed by atoms with E-state index in [1.165, 1.54) is 22.3 Å². The Morgan fingerprint density at radius 3 is 3.05 bits per heavy atom. The van der Waals surface area contributed by atoms with Gasteiger partial charge in [0, 0.05) is 30.7 Å². The molecule has 0 atom stereocenters. The molecule has 0 saturated carbocycles. The van der Waals surface area contributed by atoms with Gasteiger partial charge in [0.15, 0.2) is 4.96 Å². The Hall–Kier alpha value is -2.15. The third-order valence-electron chi connectivity index (χ3n) is 2.86. The third kappa shape index (κ3) is 3.24. The Bertz CT molecular complexity index is 644. The van der Waals surface area contributed by atoms with Gasteiger partial charge in [-0.05, 0) is 13.0 Å². The molecule has 0 aliphatic heterocycles. The van der Waals surface area contributed by atoms with Crippen molar-refractivity contribution in [3.8, 4) is 0 Å². The molecule has 2 rings (SSSR count). The van der Waals surface area contributed by atoms with Gasteiger partial charge in [0.2, 0.25) is 5.91 Å². The number of aromatic nitrogens is 2. The number of rotatable bonds is 6. The molecule has 0 unspecified atom stereocenters. The number of aliphatic carboxylic acids is 1. The van der Waals surface area contributed by atoms with Crippen LogP contribution in [0.3, 0.4) is 0 Å². The number of likely N-dealkylation sites (N-methyl/N-ethyl adjacent to an activating group) is 1. The predicted molar refractivity (Wildman–Crippen MR) is 76.6 cm³/mol. The molecule has 0 aliphatic rings. The number of carboxylic acid groups (broad SMARTS) is 1. The summed E-state index contributed by atoms with van der Waals surface area (Å²) >= 11 is 1.52. The van der Waals surface area contributed by atoms with E-state index in [1.54, 1.807) is 12.3 Å². The van der Waals surface area contributed by atoms with Crippen molar-refractivity contribution >= 4 is 34.3 Å². The summed E-state index contributed by atoms with van der Waals surface area (Å²) in [5.74, 6) is -1.10. The van der Waals surface area contributed by atoms with Gasteiger partial charge in [0.05, 0.1) is 18.3 Å². The Balaban J connectivity index is 2.04. The summed E-state index contributed by atoms with van der Waals surface area (Å²) in [6.07, 6.45) is 6.68. The second-order valence-electron chi connectivity index (χ2n) is 4.13. The van der Waals surface area contributed by atoms with Crippen LogP contribution in [-0.2, 0) is 9.59 Å². The number of imidazole rings is 1. The van der Waals surface area contributed by atoms with Crippen LogP contribution >= 0.6 is 11.3 Å². The molecule has 2 aromatic rings. The Kier molecular flexibility index (Phi) is 4.52. The van der Waals surface area contributed by atoms with Crippen molar-refractivity contribution in [2.75, 3.05) is 13.1 Å². The molecular formula is C13H15N3O3S. The summed E-state index contributed by atoms with van der Waals surface area (Å²) in [5, 5.41) is 10.6. The van der Waals surface area contributed by atoms with Crippen molar-refractivity contribution in [2.24, 2.45) is 0 Å². The van der Waals surface area contributed by atoms with E-state index in [4.69, 9.17) is 5.11 Å². The maximum atomic E-state index is 12.0. The molecule has 0 bridgehead atoms. The van der Waals surface area contributed by atoms with E-state index in [9.17, 15) is 9.59 Å². The number of carbonyl (C=O) groups excluding carboxylic acids is 1. The SMILES string of the molecule is CCN(CCC(=O)O)C(=O)/C=C/c1cnc2sccn12. The minimum Gasteiger partial charge on any atom is -0.481 e. The maximum absolute atomic E-state index is 12.0. The van der Waals surface area contributed by atoms with Gasteiger partial charge in [-0.1, -0.05) is 0 Å². The lowest BCUT2D eigenvalue weighted by Crippen LogP contribution is -2.31. The molecule has 0 fully saturated rings. The molecule has 0 saturated heterocycles. The van der Waals surface area contributed by atoms with Crippen molar-refractivity contribution in [3.05, 3.63) is 29.5 Å². The molecule has 2 heterocycles. The Morgan fingerprint density at radius 2 is 2.35 bits per heavy atom. The summed E-state index contributed by atoms with van der Waals surface area (Å²) < 4.78 is 1.89. The number of hydrogen-bond acceptors (Lipinski definition) is 4.